The predicted octanol–water partition coefficient (Wildman–Crippen LogP) is 0.715. The van der Waals surface area contributed by atoms with E-state index in [-0.39, 0.29) is 18.2 Å². The summed E-state index contributed by atoms with van der Waals surface area (Å²) in [5, 5.41) is 0. The Labute approximate surface area is 154 Å². The first-order chi connectivity index (χ1) is 12.3. The van der Waals surface area contributed by atoms with Crippen molar-refractivity contribution in [1.82, 2.24) is 14.5 Å². The number of carbonyl (C=O) groups is 2. The van der Waals surface area contributed by atoms with Crippen molar-refractivity contribution < 1.29 is 22.7 Å². The van der Waals surface area contributed by atoms with Gasteiger partial charge in [0.2, 0.25) is 15.9 Å². The molecule has 1 aromatic rings. The third-order valence-corrected chi connectivity index (χ3v) is 5.34. The Morgan fingerprint density at radius 1 is 1.15 bits per heavy atom. The molecule has 1 aromatic carbocycles. The van der Waals surface area contributed by atoms with Crippen LogP contribution in [0.3, 0.4) is 0 Å². The molecule has 0 aliphatic carbocycles. The molecule has 9 heteroatoms. The molecule has 0 unspecified atom stereocenters. The van der Waals surface area contributed by atoms with Gasteiger partial charge in [0.05, 0.1) is 18.9 Å². The number of carbonyl (C=O) groups excluding carboxylic acids is 2. The van der Waals surface area contributed by atoms with Crippen molar-refractivity contribution in [2.24, 2.45) is 0 Å². The molecule has 2 rings (SSSR count). The lowest BCUT2D eigenvalue weighted by Gasteiger charge is -2.34. The van der Waals surface area contributed by atoms with Gasteiger partial charge in [-0.2, -0.15) is 0 Å². The fraction of sp³-hybridized carbons (Fsp3) is 0.529. The minimum Gasteiger partial charge on any atom is -0.450 e. The summed E-state index contributed by atoms with van der Waals surface area (Å²) < 4.78 is 31.6. The summed E-state index contributed by atoms with van der Waals surface area (Å²) >= 11 is 0. The van der Waals surface area contributed by atoms with Crippen LogP contribution in [0.2, 0.25) is 0 Å². The molecule has 1 saturated heterocycles. The second kappa shape index (κ2) is 9.00. The smallest absolute Gasteiger partial charge is 0.409 e. The minimum atomic E-state index is -3.60. The second-order valence-corrected chi connectivity index (χ2v) is 7.94. The monoisotopic (exact) mass is 383 g/mol. The van der Waals surface area contributed by atoms with Gasteiger partial charge in [-0.05, 0) is 19.4 Å². The molecule has 26 heavy (non-hydrogen) atoms. The van der Waals surface area contributed by atoms with Crippen LogP contribution in [0.15, 0.2) is 24.3 Å². The number of rotatable bonds is 6. The maximum atomic E-state index is 12.2. The summed E-state index contributed by atoms with van der Waals surface area (Å²) in [7, 11) is -3.60. The van der Waals surface area contributed by atoms with E-state index in [0.29, 0.717) is 38.3 Å². The molecule has 1 heterocycles. The molecule has 8 nitrogen and oxygen atoms in total. The van der Waals surface area contributed by atoms with E-state index >= 15 is 0 Å². The van der Waals surface area contributed by atoms with Crippen LogP contribution in [-0.4, -0.2) is 69.5 Å². The Hall–Kier alpha value is -2.13. The molecule has 144 valence electrons. The molecular formula is C17H25N3O5S. The summed E-state index contributed by atoms with van der Waals surface area (Å²) in [6.07, 6.45) is -0.390. The first-order valence-electron chi connectivity index (χ1n) is 8.53. The normalized spacial score (nSPS) is 15.0. The number of sulfonamides is 1. The summed E-state index contributed by atoms with van der Waals surface area (Å²) in [6, 6.07) is 7.23. The Balaban J connectivity index is 1.80. The molecule has 1 aliphatic heterocycles. The molecule has 0 radical (unpaired) electrons. The fourth-order valence-corrected chi connectivity index (χ4v) is 3.77. The highest BCUT2D eigenvalue weighted by Gasteiger charge is 2.25. The highest BCUT2D eigenvalue weighted by atomic mass is 32.2. The highest BCUT2D eigenvalue weighted by molar-refractivity contribution is 7.88. The van der Waals surface area contributed by atoms with Gasteiger partial charge in [-0.1, -0.05) is 29.8 Å². The van der Waals surface area contributed by atoms with Crippen LogP contribution in [0, 0.1) is 6.92 Å². The summed E-state index contributed by atoms with van der Waals surface area (Å²) in [6.45, 7) is 5.12. The maximum Gasteiger partial charge on any atom is 0.409 e. The van der Waals surface area contributed by atoms with E-state index in [0.717, 1.165) is 5.56 Å². The molecule has 1 aliphatic rings. The lowest BCUT2D eigenvalue weighted by atomic mass is 10.2. The van der Waals surface area contributed by atoms with Gasteiger partial charge < -0.3 is 14.5 Å². The number of nitrogens with one attached hydrogen (secondary N) is 1. The molecule has 2 amide bonds. The SMILES string of the molecule is CCOC(=O)N1CCN(C(=O)CNS(=O)(=O)Cc2cccc(C)c2)CC1. The number of piperazine rings is 1. The molecule has 0 bridgehead atoms. The van der Waals surface area contributed by atoms with Gasteiger partial charge in [-0.25, -0.2) is 17.9 Å². The van der Waals surface area contributed by atoms with E-state index in [1.807, 2.05) is 13.0 Å². The Kier molecular flexibility index (Phi) is 6.98. The van der Waals surface area contributed by atoms with Gasteiger partial charge >= 0.3 is 6.09 Å². The highest BCUT2D eigenvalue weighted by Crippen LogP contribution is 2.08. The van der Waals surface area contributed by atoms with E-state index in [1.165, 1.54) is 4.90 Å². The van der Waals surface area contributed by atoms with Crippen LogP contribution >= 0.6 is 0 Å². The molecule has 0 atom stereocenters. The molecule has 1 N–H and O–H groups in total. The van der Waals surface area contributed by atoms with Gasteiger partial charge in [-0.3, -0.25) is 4.79 Å². The average Bonchev–Trinajstić information content (AvgIpc) is 2.60. The van der Waals surface area contributed by atoms with Crippen LogP contribution < -0.4 is 4.72 Å². The molecule has 0 saturated carbocycles. The Morgan fingerprint density at radius 3 is 2.42 bits per heavy atom. The summed E-state index contributed by atoms with van der Waals surface area (Å²) in [4.78, 5) is 26.9. The minimum absolute atomic E-state index is 0.168. The van der Waals surface area contributed by atoms with Crippen LogP contribution in [0.5, 0.6) is 0 Å². The first-order valence-corrected chi connectivity index (χ1v) is 10.2. The van der Waals surface area contributed by atoms with Crippen LogP contribution in [0.4, 0.5) is 4.79 Å². The zero-order chi connectivity index (χ0) is 19.2. The maximum absolute atomic E-state index is 12.2. The van der Waals surface area contributed by atoms with E-state index < -0.39 is 16.1 Å². The number of amides is 2. The number of nitrogens with zero attached hydrogens (tertiary/aromatic N) is 2. The van der Waals surface area contributed by atoms with E-state index in [4.69, 9.17) is 4.74 Å². The Morgan fingerprint density at radius 2 is 1.81 bits per heavy atom. The van der Waals surface area contributed by atoms with Crippen molar-refractivity contribution in [3.63, 3.8) is 0 Å². The van der Waals surface area contributed by atoms with Crippen LogP contribution in [0.25, 0.3) is 0 Å². The number of aryl methyl sites for hydroxylation is 1. The predicted molar refractivity (Wildman–Crippen MR) is 97.0 cm³/mol. The second-order valence-electron chi connectivity index (χ2n) is 6.14. The largest absolute Gasteiger partial charge is 0.450 e. The van der Waals surface area contributed by atoms with E-state index in [1.54, 1.807) is 30.0 Å². The van der Waals surface area contributed by atoms with Crippen molar-refractivity contribution >= 4 is 22.0 Å². The Bertz CT molecular complexity index is 743. The average molecular weight is 383 g/mol. The van der Waals surface area contributed by atoms with Crippen LogP contribution in [0.1, 0.15) is 18.1 Å². The van der Waals surface area contributed by atoms with Crippen molar-refractivity contribution in [3.8, 4) is 0 Å². The molecular weight excluding hydrogens is 358 g/mol. The number of hydrogen-bond donors (Lipinski definition) is 1. The number of hydrogen-bond acceptors (Lipinski definition) is 5. The topological polar surface area (TPSA) is 96.0 Å². The van der Waals surface area contributed by atoms with Gasteiger partial charge in [0.1, 0.15) is 0 Å². The first kappa shape index (κ1) is 20.2. The summed E-state index contributed by atoms with van der Waals surface area (Å²) in [5.41, 5.74) is 1.65. The van der Waals surface area contributed by atoms with Crippen molar-refractivity contribution in [2.75, 3.05) is 39.3 Å². The molecule has 1 fully saturated rings. The van der Waals surface area contributed by atoms with Crippen LogP contribution in [-0.2, 0) is 25.3 Å². The molecule has 0 spiro atoms. The van der Waals surface area contributed by atoms with Gasteiger partial charge in [0.15, 0.2) is 0 Å². The lowest BCUT2D eigenvalue weighted by Crippen LogP contribution is -2.52. The fourth-order valence-electron chi connectivity index (χ4n) is 2.71. The van der Waals surface area contributed by atoms with Gasteiger partial charge in [-0.15, -0.1) is 0 Å². The van der Waals surface area contributed by atoms with E-state index in [9.17, 15) is 18.0 Å². The molecule has 0 aromatic heterocycles. The number of ether oxygens (including phenoxy) is 1. The van der Waals surface area contributed by atoms with Gasteiger partial charge in [0, 0.05) is 26.2 Å². The quantitative estimate of drug-likeness (QED) is 0.781. The van der Waals surface area contributed by atoms with Gasteiger partial charge in [0.25, 0.3) is 0 Å². The lowest BCUT2D eigenvalue weighted by molar-refractivity contribution is -0.131. The van der Waals surface area contributed by atoms with Crippen molar-refractivity contribution in [2.45, 2.75) is 19.6 Å². The summed E-state index contributed by atoms with van der Waals surface area (Å²) in [5.74, 6) is -0.472. The zero-order valence-corrected chi connectivity index (χ0v) is 15.9. The standard InChI is InChI=1S/C17H25N3O5S/c1-3-25-17(22)20-9-7-19(8-10-20)16(21)12-18-26(23,24)13-15-6-4-5-14(2)11-15/h4-6,11,18H,3,7-10,12-13H2,1-2H3. The van der Waals surface area contributed by atoms with Crippen molar-refractivity contribution in [1.29, 1.82) is 0 Å². The number of benzene rings is 1. The zero-order valence-electron chi connectivity index (χ0n) is 15.1. The van der Waals surface area contributed by atoms with Crippen molar-refractivity contribution in [3.05, 3.63) is 35.4 Å². The van der Waals surface area contributed by atoms with E-state index in [2.05, 4.69) is 4.72 Å². The third kappa shape index (κ3) is 5.99. The third-order valence-electron chi connectivity index (χ3n) is 4.04.